The third-order valence-electron chi connectivity index (χ3n) is 4.27. The highest BCUT2D eigenvalue weighted by Crippen LogP contribution is 2.20. The lowest BCUT2D eigenvalue weighted by atomic mass is 10.0. The smallest absolute Gasteiger partial charge is 0.269 e. The van der Waals surface area contributed by atoms with Crippen molar-refractivity contribution in [3.63, 3.8) is 0 Å². The number of thiocarbonyl (C=S) groups is 1. The number of hydrazine groups is 1. The highest BCUT2D eigenvalue weighted by Gasteiger charge is 2.15. The second-order valence-electron chi connectivity index (χ2n) is 6.97. The second kappa shape index (κ2) is 10.4. The first-order valence-electron chi connectivity index (χ1n) is 9.77. The maximum Gasteiger partial charge on any atom is 0.269 e. The van der Waals surface area contributed by atoms with E-state index < -0.39 is 5.91 Å². The number of hydrogen-bond acceptors (Lipinski definition) is 4. The molecular weight excluding hydrogens is 410 g/mol. The molecule has 158 valence electrons. The van der Waals surface area contributed by atoms with Gasteiger partial charge in [0.2, 0.25) is 0 Å². The van der Waals surface area contributed by atoms with Crippen molar-refractivity contribution in [3.05, 3.63) is 90.0 Å². The topological polar surface area (TPSA) is 79.5 Å². The molecule has 0 atom stereocenters. The van der Waals surface area contributed by atoms with E-state index >= 15 is 0 Å². The lowest BCUT2D eigenvalue weighted by molar-refractivity contribution is 0.0933. The molecule has 0 saturated heterocycles. The van der Waals surface area contributed by atoms with Crippen molar-refractivity contribution in [1.29, 1.82) is 0 Å². The number of carbonyl (C=O) groups is 2. The zero-order chi connectivity index (χ0) is 22.2. The van der Waals surface area contributed by atoms with Crippen molar-refractivity contribution in [1.82, 2.24) is 16.2 Å². The molecule has 0 saturated carbocycles. The minimum Gasteiger partial charge on any atom is -0.490 e. The van der Waals surface area contributed by atoms with Crippen LogP contribution >= 0.6 is 12.2 Å². The van der Waals surface area contributed by atoms with Crippen LogP contribution in [0, 0.1) is 0 Å². The normalized spacial score (nSPS) is 10.3. The van der Waals surface area contributed by atoms with E-state index in [9.17, 15) is 9.59 Å². The first kappa shape index (κ1) is 22.0. The summed E-state index contributed by atoms with van der Waals surface area (Å²) < 4.78 is 5.65. The number of ether oxygens (including phenoxy) is 1. The number of amides is 2. The zero-order valence-corrected chi connectivity index (χ0v) is 18.0. The molecule has 0 aliphatic heterocycles. The fourth-order valence-electron chi connectivity index (χ4n) is 2.84. The average molecular weight is 434 g/mol. The number of benzene rings is 3. The van der Waals surface area contributed by atoms with Crippen molar-refractivity contribution in [2.75, 3.05) is 0 Å². The van der Waals surface area contributed by atoms with Crippen molar-refractivity contribution in [3.8, 4) is 16.9 Å². The molecule has 3 aromatic carbocycles. The van der Waals surface area contributed by atoms with Gasteiger partial charge in [-0.1, -0.05) is 54.6 Å². The predicted molar refractivity (Wildman–Crippen MR) is 125 cm³/mol. The molecule has 2 amide bonds. The first-order chi connectivity index (χ1) is 14.9. The van der Waals surface area contributed by atoms with Crippen LogP contribution in [0.4, 0.5) is 0 Å². The lowest BCUT2D eigenvalue weighted by Crippen LogP contribution is -2.48. The summed E-state index contributed by atoms with van der Waals surface area (Å²) in [5.41, 5.74) is 7.92. The van der Waals surface area contributed by atoms with Crippen LogP contribution in [0.5, 0.6) is 5.75 Å². The molecular formula is C24H23N3O3S. The van der Waals surface area contributed by atoms with Crippen molar-refractivity contribution in [2.24, 2.45) is 0 Å². The number of rotatable bonds is 5. The molecule has 0 fully saturated rings. The van der Waals surface area contributed by atoms with Crippen molar-refractivity contribution >= 4 is 29.1 Å². The average Bonchev–Trinajstić information content (AvgIpc) is 2.78. The Morgan fingerprint density at radius 3 is 2.06 bits per heavy atom. The van der Waals surface area contributed by atoms with E-state index in [1.807, 2.05) is 56.3 Å². The van der Waals surface area contributed by atoms with Gasteiger partial charge < -0.3 is 4.74 Å². The van der Waals surface area contributed by atoms with E-state index in [2.05, 4.69) is 16.2 Å². The van der Waals surface area contributed by atoms with E-state index in [1.54, 1.807) is 36.4 Å². The minimum absolute atomic E-state index is 0.0291. The SMILES string of the molecule is CC(C)Oc1ccccc1C(=O)NC(=S)NNC(=O)c1ccc(-c2ccccc2)cc1. The van der Waals surface area contributed by atoms with Crippen LogP contribution in [0.15, 0.2) is 78.9 Å². The van der Waals surface area contributed by atoms with Gasteiger partial charge in [0, 0.05) is 5.56 Å². The standard InChI is InChI=1S/C24H23N3O3S/c1-16(2)30-21-11-7-6-10-20(21)23(29)25-24(31)27-26-22(28)19-14-12-18(13-15-19)17-8-4-3-5-9-17/h3-16H,1-2H3,(H,26,28)(H2,25,27,29,31). The highest BCUT2D eigenvalue weighted by atomic mass is 32.1. The zero-order valence-electron chi connectivity index (χ0n) is 17.2. The molecule has 3 rings (SSSR count). The lowest BCUT2D eigenvalue weighted by Gasteiger charge is -2.15. The number of hydrogen-bond donors (Lipinski definition) is 3. The Morgan fingerprint density at radius 2 is 1.39 bits per heavy atom. The Kier molecular flexibility index (Phi) is 7.35. The van der Waals surface area contributed by atoms with Crippen LogP contribution in [0.3, 0.4) is 0 Å². The van der Waals surface area contributed by atoms with E-state index in [1.165, 1.54) is 0 Å². The van der Waals surface area contributed by atoms with E-state index in [0.29, 0.717) is 16.9 Å². The molecule has 7 heteroatoms. The third-order valence-corrected chi connectivity index (χ3v) is 4.47. The van der Waals surface area contributed by atoms with Crippen LogP contribution in [-0.4, -0.2) is 23.0 Å². The van der Waals surface area contributed by atoms with Gasteiger partial charge in [0.25, 0.3) is 11.8 Å². The number of nitrogens with one attached hydrogen (secondary N) is 3. The van der Waals surface area contributed by atoms with E-state index in [-0.39, 0.29) is 17.1 Å². The molecule has 31 heavy (non-hydrogen) atoms. The summed E-state index contributed by atoms with van der Waals surface area (Å²) >= 11 is 5.12. The monoisotopic (exact) mass is 433 g/mol. The molecule has 6 nitrogen and oxygen atoms in total. The Labute approximate surface area is 186 Å². The van der Waals surface area contributed by atoms with E-state index in [4.69, 9.17) is 17.0 Å². The van der Waals surface area contributed by atoms with Crippen LogP contribution in [0.1, 0.15) is 34.6 Å². The molecule has 0 aliphatic rings. The van der Waals surface area contributed by atoms with Crippen LogP contribution in [0.2, 0.25) is 0 Å². The summed E-state index contributed by atoms with van der Waals surface area (Å²) in [6.45, 7) is 3.76. The molecule has 0 heterocycles. The van der Waals surface area contributed by atoms with E-state index in [0.717, 1.165) is 11.1 Å². The largest absolute Gasteiger partial charge is 0.490 e. The summed E-state index contributed by atoms with van der Waals surface area (Å²) in [4.78, 5) is 24.9. The number of para-hydroxylation sites is 1. The van der Waals surface area contributed by atoms with Gasteiger partial charge in [0.15, 0.2) is 5.11 Å². The molecule has 0 unspecified atom stereocenters. The van der Waals surface area contributed by atoms with Crippen LogP contribution in [-0.2, 0) is 0 Å². The fourth-order valence-corrected chi connectivity index (χ4v) is 2.99. The molecule has 0 aliphatic carbocycles. The van der Waals surface area contributed by atoms with Crippen molar-refractivity contribution < 1.29 is 14.3 Å². The van der Waals surface area contributed by atoms with Crippen LogP contribution < -0.4 is 20.9 Å². The molecule has 3 aromatic rings. The number of carbonyl (C=O) groups excluding carboxylic acids is 2. The fraction of sp³-hybridized carbons (Fsp3) is 0.125. The third kappa shape index (κ3) is 6.13. The van der Waals surface area contributed by atoms with Crippen molar-refractivity contribution in [2.45, 2.75) is 20.0 Å². The Morgan fingerprint density at radius 1 is 0.774 bits per heavy atom. The maximum absolute atomic E-state index is 12.5. The predicted octanol–water partition coefficient (Wildman–Crippen LogP) is 4.09. The molecule has 0 aromatic heterocycles. The minimum atomic E-state index is -0.435. The second-order valence-corrected chi connectivity index (χ2v) is 7.38. The van der Waals surface area contributed by atoms with Gasteiger partial charge in [0.1, 0.15) is 5.75 Å². The summed E-state index contributed by atoms with van der Waals surface area (Å²) in [5.74, 6) is -0.352. The van der Waals surface area contributed by atoms with Gasteiger partial charge in [-0.3, -0.25) is 25.8 Å². The quantitative estimate of drug-likeness (QED) is 0.417. The van der Waals surface area contributed by atoms with Crippen LogP contribution in [0.25, 0.3) is 11.1 Å². The highest BCUT2D eigenvalue weighted by molar-refractivity contribution is 7.80. The van der Waals surface area contributed by atoms with Gasteiger partial charge in [-0.05, 0) is 61.5 Å². The van der Waals surface area contributed by atoms with Gasteiger partial charge in [-0.15, -0.1) is 0 Å². The van der Waals surface area contributed by atoms with Gasteiger partial charge >= 0.3 is 0 Å². The Hall–Kier alpha value is -3.71. The summed E-state index contributed by atoms with van der Waals surface area (Å²) in [6.07, 6.45) is -0.0772. The first-order valence-corrected chi connectivity index (χ1v) is 10.2. The summed E-state index contributed by atoms with van der Waals surface area (Å²) in [7, 11) is 0. The molecule has 3 N–H and O–H groups in total. The van der Waals surface area contributed by atoms with Gasteiger partial charge in [0.05, 0.1) is 11.7 Å². The Bertz CT molecular complexity index is 1070. The maximum atomic E-state index is 12.5. The summed E-state index contributed by atoms with van der Waals surface area (Å²) in [6, 6.07) is 23.9. The van der Waals surface area contributed by atoms with Gasteiger partial charge in [-0.2, -0.15) is 0 Å². The Balaban J connectivity index is 1.55. The van der Waals surface area contributed by atoms with Gasteiger partial charge in [-0.25, -0.2) is 0 Å². The molecule has 0 bridgehead atoms. The molecule has 0 spiro atoms. The summed E-state index contributed by atoms with van der Waals surface area (Å²) in [5, 5.41) is 2.50. The molecule has 0 radical (unpaired) electrons.